The van der Waals surface area contributed by atoms with Crippen LogP contribution in [-0.4, -0.2) is 50.1 Å². The van der Waals surface area contributed by atoms with E-state index in [1.165, 1.54) is 19.3 Å². The fourth-order valence-electron chi connectivity index (χ4n) is 3.31. The van der Waals surface area contributed by atoms with Gasteiger partial charge in [-0.3, -0.25) is 9.69 Å². The maximum Gasteiger partial charge on any atom is 0.290 e. The minimum Gasteiger partial charge on any atom is -0.455 e. The SMILES string of the molecule is O=C(c1ccc(CN2CCCCC2)o1)N1CCn2cnnc2C1. The van der Waals surface area contributed by atoms with E-state index in [1.54, 1.807) is 17.3 Å². The van der Waals surface area contributed by atoms with Crippen molar-refractivity contribution in [3.63, 3.8) is 0 Å². The molecule has 7 heteroatoms. The van der Waals surface area contributed by atoms with E-state index in [4.69, 9.17) is 4.42 Å². The standard InChI is InChI=1S/C16H21N5O2/c22-16(20-8-9-21-12-17-18-15(21)11-20)14-5-4-13(23-14)10-19-6-2-1-3-7-19/h4-5,12H,1-3,6-11H2. The number of carbonyl (C=O) groups excluding carboxylic acids is 1. The Balaban J connectivity index is 1.41. The smallest absolute Gasteiger partial charge is 0.290 e. The first-order valence-electron chi connectivity index (χ1n) is 8.26. The van der Waals surface area contributed by atoms with E-state index in [9.17, 15) is 4.79 Å². The molecule has 23 heavy (non-hydrogen) atoms. The van der Waals surface area contributed by atoms with E-state index in [-0.39, 0.29) is 5.91 Å². The molecule has 0 atom stereocenters. The van der Waals surface area contributed by atoms with Crippen molar-refractivity contribution in [2.45, 2.75) is 38.9 Å². The Bertz CT molecular complexity index is 686. The number of likely N-dealkylation sites (tertiary alicyclic amines) is 1. The maximum atomic E-state index is 12.6. The number of hydrogen-bond donors (Lipinski definition) is 0. The van der Waals surface area contributed by atoms with Crippen molar-refractivity contribution in [2.24, 2.45) is 0 Å². The second-order valence-corrected chi connectivity index (χ2v) is 6.27. The van der Waals surface area contributed by atoms with Crippen molar-refractivity contribution >= 4 is 5.91 Å². The van der Waals surface area contributed by atoms with Crippen LogP contribution in [0.4, 0.5) is 0 Å². The van der Waals surface area contributed by atoms with Gasteiger partial charge in [-0.2, -0.15) is 0 Å². The molecule has 2 aromatic heterocycles. The molecule has 0 bridgehead atoms. The van der Waals surface area contributed by atoms with Crippen LogP contribution in [0.5, 0.6) is 0 Å². The van der Waals surface area contributed by atoms with Crippen LogP contribution in [0.2, 0.25) is 0 Å². The van der Waals surface area contributed by atoms with Gasteiger partial charge in [0.15, 0.2) is 11.6 Å². The topological polar surface area (TPSA) is 67.4 Å². The highest BCUT2D eigenvalue weighted by Crippen LogP contribution is 2.18. The molecule has 2 aromatic rings. The molecule has 4 rings (SSSR count). The highest BCUT2D eigenvalue weighted by molar-refractivity contribution is 5.91. The van der Waals surface area contributed by atoms with Gasteiger partial charge in [0.25, 0.3) is 5.91 Å². The van der Waals surface area contributed by atoms with Crippen molar-refractivity contribution in [3.8, 4) is 0 Å². The Hall–Kier alpha value is -2.15. The Kier molecular flexibility index (Phi) is 3.87. The maximum absolute atomic E-state index is 12.6. The van der Waals surface area contributed by atoms with Crippen molar-refractivity contribution in [2.75, 3.05) is 19.6 Å². The second-order valence-electron chi connectivity index (χ2n) is 6.27. The molecule has 0 saturated carbocycles. The van der Waals surface area contributed by atoms with Gasteiger partial charge in [-0.05, 0) is 38.1 Å². The van der Waals surface area contributed by atoms with Gasteiger partial charge in [-0.25, -0.2) is 0 Å². The molecule has 1 amide bonds. The minimum atomic E-state index is -0.0656. The predicted octanol–water partition coefficient (Wildman–Crippen LogP) is 1.51. The molecule has 0 aliphatic carbocycles. The summed E-state index contributed by atoms with van der Waals surface area (Å²) in [5.41, 5.74) is 0. The molecule has 2 aliphatic rings. The lowest BCUT2D eigenvalue weighted by Crippen LogP contribution is -2.38. The third kappa shape index (κ3) is 3.01. The normalized spacial score (nSPS) is 18.9. The Morgan fingerprint density at radius 2 is 2.00 bits per heavy atom. The quantitative estimate of drug-likeness (QED) is 0.859. The van der Waals surface area contributed by atoms with Gasteiger partial charge in [-0.15, -0.1) is 10.2 Å². The molecule has 1 saturated heterocycles. The lowest BCUT2D eigenvalue weighted by atomic mass is 10.1. The number of carbonyl (C=O) groups is 1. The van der Waals surface area contributed by atoms with Gasteiger partial charge in [-0.1, -0.05) is 6.42 Å². The Morgan fingerprint density at radius 3 is 2.87 bits per heavy atom. The summed E-state index contributed by atoms with van der Waals surface area (Å²) in [6.07, 6.45) is 5.53. The van der Waals surface area contributed by atoms with Gasteiger partial charge in [0.1, 0.15) is 12.1 Å². The molecular weight excluding hydrogens is 294 g/mol. The van der Waals surface area contributed by atoms with Crippen molar-refractivity contribution in [1.82, 2.24) is 24.6 Å². The Labute approximate surface area is 134 Å². The molecule has 7 nitrogen and oxygen atoms in total. The van der Waals surface area contributed by atoms with Crippen LogP contribution in [0, 0.1) is 0 Å². The van der Waals surface area contributed by atoms with Crippen LogP contribution >= 0.6 is 0 Å². The number of hydrogen-bond acceptors (Lipinski definition) is 5. The zero-order valence-electron chi connectivity index (χ0n) is 13.1. The van der Waals surface area contributed by atoms with Crippen molar-refractivity contribution < 1.29 is 9.21 Å². The monoisotopic (exact) mass is 315 g/mol. The molecule has 0 N–H and O–H groups in total. The van der Waals surface area contributed by atoms with Crippen LogP contribution in [0.3, 0.4) is 0 Å². The van der Waals surface area contributed by atoms with Crippen LogP contribution in [0.25, 0.3) is 0 Å². The second kappa shape index (κ2) is 6.16. The average Bonchev–Trinajstić information content (AvgIpc) is 3.23. The van der Waals surface area contributed by atoms with Gasteiger partial charge in [0.2, 0.25) is 0 Å². The lowest BCUT2D eigenvalue weighted by Gasteiger charge is -2.26. The fourth-order valence-corrected chi connectivity index (χ4v) is 3.31. The van der Waals surface area contributed by atoms with Gasteiger partial charge < -0.3 is 13.9 Å². The van der Waals surface area contributed by atoms with Crippen LogP contribution in [0.1, 0.15) is 41.4 Å². The summed E-state index contributed by atoms with van der Waals surface area (Å²) in [4.78, 5) is 16.8. The van der Waals surface area contributed by atoms with Crippen LogP contribution in [0.15, 0.2) is 22.9 Å². The number of amides is 1. The summed E-state index contributed by atoms with van der Waals surface area (Å²) >= 11 is 0. The molecule has 1 fully saturated rings. The number of nitrogens with zero attached hydrogens (tertiary/aromatic N) is 5. The molecular formula is C16H21N5O2. The van der Waals surface area contributed by atoms with Gasteiger partial charge in [0, 0.05) is 13.1 Å². The zero-order chi connectivity index (χ0) is 15.6. The van der Waals surface area contributed by atoms with Gasteiger partial charge >= 0.3 is 0 Å². The highest BCUT2D eigenvalue weighted by Gasteiger charge is 2.25. The number of furan rings is 1. The van der Waals surface area contributed by atoms with Gasteiger partial charge in [0.05, 0.1) is 13.1 Å². The summed E-state index contributed by atoms with van der Waals surface area (Å²) in [5, 5.41) is 7.93. The molecule has 0 aromatic carbocycles. The highest BCUT2D eigenvalue weighted by atomic mass is 16.4. The predicted molar refractivity (Wildman–Crippen MR) is 82.6 cm³/mol. The first-order valence-corrected chi connectivity index (χ1v) is 8.26. The van der Waals surface area contributed by atoms with E-state index in [2.05, 4.69) is 15.1 Å². The fraction of sp³-hybridized carbons (Fsp3) is 0.562. The summed E-state index contributed by atoms with van der Waals surface area (Å²) < 4.78 is 7.78. The molecule has 2 aliphatic heterocycles. The van der Waals surface area contributed by atoms with Crippen LogP contribution in [-0.2, 0) is 19.6 Å². The summed E-state index contributed by atoms with van der Waals surface area (Å²) in [6, 6.07) is 3.72. The zero-order valence-corrected chi connectivity index (χ0v) is 13.1. The third-order valence-corrected chi connectivity index (χ3v) is 4.63. The van der Waals surface area contributed by atoms with E-state index in [0.29, 0.717) is 18.8 Å². The summed E-state index contributed by atoms with van der Waals surface area (Å²) in [5.74, 6) is 2.05. The summed E-state index contributed by atoms with van der Waals surface area (Å²) in [7, 11) is 0. The Morgan fingerprint density at radius 1 is 1.13 bits per heavy atom. The third-order valence-electron chi connectivity index (χ3n) is 4.63. The molecule has 0 unspecified atom stereocenters. The van der Waals surface area contributed by atoms with Crippen molar-refractivity contribution in [1.29, 1.82) is 0 Å². The van der Waals surface area contributed by atoms with Crippen LogP contribution < -0.4 is 0 Å². The van der Waals surface area contributed by atoms with E-state index >= 15 is 0 Å². The van der Waals surface area contributed by atoms with E-state index in [0.717, 1.165) is 37.8 Å². The molecule has 122 valence electrons. The first kappa shape index (κ1) is 14.4. The largest absolute Gasteiger partial charge is 0.455 e. The number of aromatic nitrogens is 3. The lowest BCUT2D eigenvalue weighted by molar-refractivity contribution is 0.0670. The number of fused-ring (bicyclic) bond motifs is 1. The number of rotatable bonds is 3. The van der Waals surface area contributed by atoms with Crippen molar-refractivity contribution in [3.05, 3.63) is 35.8 Å². The summed E-state index contributed by atoms with van der Waals surface area (Å²) in [6.45, 7) is 4.90. The molecule has 4 heterocycles. The first-order chi connectivity index (χ1) is 11.3. The number of piperidine rings is 1. The molecule has 0 spiro atoms. The minimum absolute atomic E-state index is 0.0656. The average molecular weight is 315 g/mol. The molecule has 0 radical (unpaired) electrons. The van der Waals surface area contributed by atoms with E-state index in [1.807, 2.05) is 10.6 Å². The van der Waals surface area contributed by atoms with E-state index < -0.39 is 0 Å².